The zero-order valence-corrected chi connectivity index (χ0v) is 13.4. The smallest absolute Gasteiger partial charge is 0.288 e. The van der Waals surface area contributed by atoms with Crippen molar-refractivity contribution in [2.24, 2.45) is 5.92 Å². The van der Waals surface area contributed by atoms with Crippen LogP contribution < -0.4 is 10.2 Å². The third kappa shape index (κ3) is 3.52. The summed E-state index contributed by atoms with van der Waals surface area (Å²) in [6.07, 6.45) is 6.12. The lowest BCUT2D eigenvalue weighted by Gasteiger charge is -2.31. The van der Waals surface area contributed by atoms with Crippen LogP contribution in [-0.4, -0.2) is 35.6 Å². The lowest BCUT2D eigenvalue weighted by Crippen LogP contribution is -2.37. The molecule has 2 heterocycles. The molecular weight excluding hydrogens is 336 g/mol. The lowest BCUT2D eigenvalue weighted by molar-refractivity contribution is -0.385. The van der Waals surface area contributed by atoms with Crippen molar-refractivity contribution >= 4 is 27.4 Å². The zero-order valence-electron chi connectivity index (χ0n) is 11.8. The number of nitrogens with zero attached hydrogens (tertiary/aromatic N) is 3. The number of nitro groups is 1. The molecule has 1 aliphatic carbocycles. The van der Waals surface area contributed by atoms with Gasteiger partial charge >= 0.3 is 0 Å². The molecule has 2 aliphatic rings. The number of aromatic nitrogens is 1. The summed E-state index contributed by atoms with van der Waals surface area (Å²) in [4.78, 5) is 17.1. The highest BCUT2D eigenvalue weighted by Crippen LogP contribution is 2.36. The number of anilines is 1. The van der Waals surface area contributed by atoms with Crippen LogP contribution in [0.2, 0.25) is 0 Å². The van der Waals surface area contributed by atoms with Gasteiger partial charge in [-0.15, -0.1) is 0 Å². The first-order valence-corrected chi connectivity index (χ1v) is 8.21. The van der Waals surface area contributed by atoms with Gasteiger partial charge in [-0.05, 0) is 60.6 Å². The van der Waals surface area contributed by atoms with Gasteiger partial charge in [0.1, 0.15) is 12.0 Å². The third-order valence-electron chi connectivity index (χ3n) is 4.19. The van der Waals surface area contributed by atoms with E-state index in [0.717, 1.165) is 29.9 Å². The molecule has 21 heavy (non-hydrogen) atoms. The highest BCUT2D eigenvalue weighted by atomic mass is 79.9. The van der Waals surface area contributed by atoms with Crippen LogP contribution in [0.1, 0.15) is 25.7 Å². The summed E-state index contributed by atoms with van der Waals surface area (Å²) in [6.45, 7) is 3.16. The normalized spacial score (nSPS) is 19.5. The Kier molecular flexibility index (Phi) is 4.40. The van der Waals surface area contributed by atoms with Crippen LogP contribution in [0.15, 0.2) is 16.7 Å². The number of nitrogens with one attached hydrogen (secondary N) is 1. The van der Waals surface area contributed by atoms with Gasteiger partial charge in [0.2, 0.25) is 0 Å². The van der Waals surface area contributed by atoms with E-state index >= 15 is 0 Å². The Labute approximate surface area is 132 Å². The monoisotopic (exact) mass is 354 g/mol. The summed E-state index contributed by atoms with van der Waals surface area (Å²) in [6, 6.07) is 2.10. The van der Waals surface area contributed by atoms with E-state index < -0.39 is 4.92 Å². The van der Waals surface area contributed by atoms with Gasteiger partial charge in [0.25, 0.3) is 5.69 Å². The molecule has 0 radical (unpaired) electrons. The van der Waals surface area contributed by atoms with Crippen molar-refractivity contribution in [3.63, 3.8) is 0 Å². The number of piperidine rings is 1. The van der Waals surface area contributed by atoms with Crippen LogP contribution in [0, 0.1) is 16.0 Å². The molecule has 6 nitrogen and oxygen atoms in total. The minimum atomic E-state index is -0.407. The molecule has 114 valence electrons. The van der Waals surface area contributed by atoms with E-state index in [2.05, 4.69) is 31.1 Å². The molecular formula is C14H19BrN4O2. The molecule has 1 saturated heterocycles. The summed E-state index contributed by atoms with van der Waals surface area (Å²) < 4.78 is 0.720. The Hall–Kier alpha value is -1.21. The fourth-order valence-electron chi connectivity index (χ4n) is 2.87. The minimum absolute atomic E-state index is 0.0308. The van der Waals surface area contributed by atoms with Crippen LogP contribution in [0.4, 0.5) is 11.5 Å². The van der Waals surface area contributed by atoms with Crippen molar-refractivity contribution in [3.8, 4) is 0 Å². The van der Waals surface area contributed by atoms with Gasteiger partial charge in [-0.3, -0.25) is 10.1 Å². The molecule has 0 bridgehead atoms. The van der Waals surface area contributed by atoms with Gasteiger partial charge in [-0.1, -0.05) is 0 Å². The molecule has 0 spiro atoms. The molecule has 0 unspecified atom stereocenters. The molecule has 2 fully saturated rings. The van der Waals surface area contributed by atoms with Gasteiger partial charge in [-0.25, -0.2) is 4.98 Å². The molecule has 0 aromatic carbocycles. The lowest BCUT2D eigenvalue weighted by atomic mass is 9.97. The van der Waals surface area contributed by atoms with Crippen LogP contribution in [0.5, 0.6) is 0 Å². The Morgan fingerprint density at radius 3 is 2.67 bits per heavy atom. The maximum absolute atomic E-state index is 10.8. The number of hydrogen-bond donors (Lipinski definition) is 1. The van der Waals surface area contributed by atoms with Crippen LogP contribution in [0.3, 0.4) is 0 Å². The Balaban J connectivity index is 1.78. The first-order chi connectivity index (χ1) is 10.1. The van der Waals surface area contributed by atoms with Gasteiger partial charge in [0.15, 0.2) is 0 Å². The molecule has 0 amide bonds. The fourth-order valence-corrected chi connectivity index (χ4v) is 3.43. The Bertz CT molecular complexity index is 530. The van der Waals surface area contributed by atoms with E-state index in [-0.39, 0.29) is 5.69 Å². The number of halogens is 1. The van der Waals surface area contributed by atoms with Gasteiger partial charge in [0, 0.05) is 18.7 Å². The van der Waals surface area contributed by atoms with Crippen molar-refractivity contribution in [2.75, 3.05) is 24.5 Å². The summed E-state index contributed by atoms with van der Waals surface area (Å²) in [7, 11) is 0. The molecule has 0 atom stereocenters. The van der Waals surface area contributed by atoms with Crippen molar-refractivity contribution in [1.82, 2.24) is 10.3 Å². The minimum Gasteiger partial charge on any atom is -0.352 e. The molecule has 1 aromatic heterocycles. The summed E-state index contributed by atoms with van der Waals surface area (Å²) in [5.41, 5.74) is 0.0308. The average molecular weight is 355 g/mol. The second kappa shape index (κ2) is 6.27. The Morgan fingerprint density at radius 2 is 2.10 bits per heavy atom. The number of pyridine rings is 1. The van der Waals surface area contributed by atoms with Crippen molar-refractivity contribution < 1.29 is 4.92 Å². The first kappa shape index (κ1) is 14.7. The number of hydrogen-bond acceptors (Lipinski definition) is 5. The summed E-state index contributed by atoms with van der Waals surface area (Å²) >= 11 is 3.46. The van der Waals surface area contributed by atoms with Crippen LogP contribution in [-0.2, 0) is 0 Å². The molecule has 1 aromatic rings. The zero-order chi connectivity index (χ0) is 14.8. The van der Waals surface area contributed by atoms with Gasteiger partial charge in [0.05, 0.1) is 9.40 Å². The van der Waals surface area contributed by atoms with Crippen molar-refractivity contribution in [1.29, 1.82) is 0 Å². The standard InChI is InChI=1S/C14H19BrN4O2/c15-13-7-12(19(20)21)8-17-14(13)18(11-1-2-11)9-10-3-5-16-6-4-10/h7-8,10-11,16H,1-6,9H2. The number of rotatable bonds is 5. The van der Waals surface area contributed by atoms with E-state index in [1.165, 1.54) is 31.9 Å². The average Bonchev–Trinajstić information content (AvgIpc) is 3.31. The maximum atomic E-state index is 10.8. The SMILES string of the molecule is O=[N+]([O-])c1cnc(N(CC2CCNCC2)C2CC2)c(Br)c1. The highest BCUT2D eigenvalue weighted by molar-refractivity contribution is 9.10. The molecule has 1 N–H and O–H groups in total. The predicted octanol–water partition coefficient (Wildman–Crippen LogP) is 2.72. The predicted molar refractivity (Wildman–Crippen MR) is 84.6 cm³/mol. The van der Waals surface area contributed by atoms with Crippen molar-refractivity contribution in [3.05, 3.63) is 26.9 Å². The van der Waals surface area contributed by atoms with E-state index in [0.29, 0.717) is 12.0 Å². The molecule has 1 aliphatic heterocycles. The van der Waals surface area contributed by atoms with E-state index in [4.69, 9.17) is 0 Å². The molecule has 3 rings (SSSR count). The second-order valence-corrected chi connectivity index (χ2v) is 6.69. The molecule has 7 heteroatoms. The summed E-state index contributed by atoms with van der Waals surface area (Å²) in [5.74, 6) is 1.53. The largest absolute Gasteiger partial charge is 0.352 e. The fraction of sp³-hybridized carbons (Fsp3) is 0.643. The topological polar surface area (TPSA) is 71.3 Å². The summed E-state index contributed by atoms with van der Waals surface area (Å²) in [5, 5.41) is 14.2. The van der Waals surface area contributed by atoms with Crippen molar-refractivity contribution in [2.45, 2.75) is 31.7 Å². The van der Waals surface area contributed by atoms with Gasteiger partial charge in [-0.2, -0.15) is 0 Å². The third-order valence-corrected chi connectivity index (χ3v) is 4.78. The van der Waals surface area contributed by atoms with E-state index in [1.807, 2.05) is 0 Å². The first-order valence-electron chi connectivity index (χ1n) is 7.42. The van der Waals surface area contributed by atoms with Crippen LogP contribution in [0.25, 0.3) is 0 Å². The van der Waals surface area contributed by atoms with Gasteiger partial charge < -0.3 is 10.2 Å². The molecule has 1 saturated carbocycles. The Morgan fingerprint density at radius 1 is 1.38 bits per heavy atom. The second-order valence-electron chi connectivity index (χ2n) is 5.83. The highest BCUT2D eigenvalue weighted by Gasteiger charge is 2.33. The van der Waals surface area contributed by atoms with E-state index in [1.54, 1.807) is 6.07 Å². The van der Waals surface area contributed by atoms with E-state index in [9.17, 15) is 10.1 Å². The van der Waals surface area contributed by atoms with Crippen LogP contribution >= 0.6 is 15.9 Å². The quantitative estimate of drug-likeness (QED) is 0.650. The maximum Gasteiger partial charge on any atom is 0.288 e.